The van der Waals surface area contributed by atoms with Crippen LogP contribution in [0.25, 0.3) is 0 Å². The van der Waals surface area contributed by atoms with Crippen molar-refractivity contribution < 1.29 is 89.8 Å². The van der Waals surface area contributed by atoms with Gasteiger partial charge in [0.1, 0.15) is 0 Å². The first-order valence-corrected chi connectivity index (χ1v) is 6.72. The molecular weight excluding hydrogens is 282 g/mol. The maximum Gasteiger partial charge on any atom is 1.00 e. The summed E-state index contributed by atoms with van der Waals surface area (Å²) in [5, 5.41) is 0. The summed E-state index contributed by atoms with van der Waals surface area (Å²) in [7, 11) is -9.10. The van der Waals surface area contributed by atoms with Crippen molar-refractivity contribution in [3.63, 3.8) is 0 Å². The third kappa shape index (κ3) is 7.27. The first-order valence-electron chi connectivity index (χ1n) is 3.57. The first kappa shape index (κ1) is 20.1. The molecule has 0 aliphatic carbocycles. The molecule has 7 nitrogen and oxygen atoms in total. The summed E-state index contributed by atoms with van der Waals surface area (Å²) in [6.07, 6.45) is 0. The molecule has 0 aromatic rings. The number of hydrogen-bond donors (Lipinski definition) is 0. The van der Waals surface area contributed by atoms with E-state index in [9.17, 15) is 25.9 Å². The van der Waals surface area contributed by atoms with E-state index in [1.54, 1.807) is 0 Å². The van der Waals surface area contributed by atoms with Crippen LogP contribution in [0.4, 0.5) is 0 Å². The molecule has 1 saturated heterocycles. The number of rotatable bonds is 4. The van der Waals surface area contributed by atoms with Gasteiger partial charge in [0.25, 0.3) is 0 Å². The largest absolute Gasteiger partial charge is 1.00 e. The molecule has 0 bridgehead atoms. The summed E-state index contributed by atoms with van der Waals surface area (Å²) < 4.78 is 67.1. The van der Waals surface area contributed by atoms with E-state index in [-0.39, 0.29) is 72.3 Å². The van der Waals surface area contributed by atoms with Crippen LogP contribution in [0.3, 0.4) is 0 Å². The first-order chi connectivity index (χ1) is 6.12. The van der Waals surface area contributed by atoms with Gasteiger partial charge in [-0.05, 0) is 0 Å². The second-order valence-corrected chi connectivity index (χ2v) is 6.20. The van der Waals surface area contributed by atoms with Crippen LogP contribution in [0.1, 0.15) is 0 Å². The van der Waals surface area contributed by atoms with Crippen molar-refractivity contribution in [1.82, 2.24) is 0 Å². The standard InChI is InChI=1S/C5H10O7S2.2Na/c6-13(7,8)3-5(1-12-2-5)4-14(9,10)11;;/h1-4H2,(H,6,7,8)(H,9,10,11);;/q;2*+1/p-2. The molecule has 1 rings (SSSR count). The molecule has 1 fully saturated rings. The molecule has 0 aromatic heterocycles. The number of ether oxygens (including phenoxy) is 1. The Kier molecular flexibility index (Phi) is 8.55. The topological polar surface area (TPSA) is 124 Å². The minimum atomic E-state index is -4.55. The summed E-state index contributed by atoms with van der Waals surface area (Å²) in [5.74, 6) is -1.75. The molecule has 0 N–H and O–H groups in total. The monoisotopic (exact) mass is 290 g/mol. The molecule has 16 heavy (non-hydrogen) atoms. The third-order valence-corrected chi connectivity index (χ3v) is 3.71. The fraction of sp³-hybridized carbons (Fsp3) is 1.00. The molecular formula is C5H8Na2O7S2. The molecule has 0 atom stereocenters. The van der Waals surface area contributed by atoms with Crippen molar-refractivity contribution in [1.29, 1.82) is 0 Å². The Hall–Kier alpha value is 1.78. The third-order valence-electron chi connectivity index (χ3n) is 1.78. The van der Waals surface area contributed by atoms with E-state index in [1.807, 2.05) is 0 Å². The van der Waals surface area contributed by atoms with Crippen LogP contribution >= 0.6 is 0 Å². The van der Waals surface area contributed by atoms with Gasteiger partial charge < -0.3 is 13.8 Å². The van der Waals surface area contributed by atoms with Crippen LogP contribution in [-0.2, 0) is 25.0 Å². The van der Waals surface area contributed by atoms with E-state index in [2.05, 4.69) is 4.74 Å². The van der Waals surface area contributed by atoms with Gasteiger partial charge in [0, 0.05) is 16.9 Å². The molecule has 11 heteroatoms. The van der Waals surface area contributed by atoms with Crippen LogP contribution in [0.15, 0.2) is 0 Å². The van der Waals surface area contributed by atoms with Crippen LogP contribution in [0, 0.1) is 5.41 Å². The van der Waals surface area contributed by atoms with Gasteiger partial charge in [0.2, 0.25) is 0 Å². The van der Waals surface area contributed by atoms with Gasteiger partial charge in [0.05, 0.1) is 33.5 Å². The van der Waals surface area contributed by atoms with Gasteiger partial charge in [0.15, 0.2) is 0 Å². The molecule has 84 valence electrons. The van der Waals surface area contributed by atoms with Gasteiger partial charge >= 0.3 is 59.1 Å². The summed E-state index contributed by atoms with van der Waals surface area (Å²) in [5.41, 5.74) is -1.33. The second-order valence-electron chi connectivity index (χ2n) is 3.40. The minimum Gasteiger partial charge on any atom is -0.748 e. The van der Waals surface area contributed by atoms with Crippen LogP contribution in [-0.4, -0.2) is 50.7 Å². The van der Waals surface area contributed by atoms with Gasteiger partial charge in [-0.25, -0.2) is 16.8 Å². The Labute approximate surface area is 138 Å². The molecule has 1 aliphatic rings. The van der Waals surface area contributed by atoms with E-state index in [0.717, 1.165) is 0 Å². The Bertz CT molecular complexity index is 374. The average molecular weight is 290 g/mol. The molecule has 0 aromatic carbocycles. The van der Waals surface area contributed by atoms with E-state index in [1.165, 1.54) is 0 Å². The van der Waals surface area contributed by atoms with Crippen molar-refractivity contribution in [3.05, 3.63) is 0 Å². The van der Waals surface area contributed by atoms with E-state index in [0.29, 0.717) is 0 Å². The summed E-state index contributed by atoms with van der Waals surface area (Å²) in [6.45, 7) is -0.369. The van der Waals surface area contributed by atoms with Crippen molar-refractivity contribution in [2.24, 2.45) is 5.41 Å². The van der Waals surface area contributed by atoms with Crippen molar-refractivity contribution in [2.45, 2.75) is 0 Å². The normalized spacial score (nSPS) is 18.9. The molecule has 0 radical (unpaired) electrons. The van der Waals surface area contributed by atoms with E-state index >= 15 is 0 Å². The van der Waals surface area contributed by atoms with E-state index in [4.69, 9.17) is 0 Å². The molecule has 0 amide bonds. The zero-order chi connectivity index (χ0) is 11.0. The second kappa shape index (κ2) is 6.80. The zero-order valence-electron chi connectivity index (χ0n) is 9.00. The zero-order valence-corrected chi connectivity index (χ0v) is 14.6. The Morgan fingerprint density at radius 1 is 0.938 bits per heavy atom. The van der Waals surface area contributed by atoms with Gasteiger partial charge in [-0.15, -0.1) is 0 Å². The average Bonchev–Trinajstić information content (AvgIpc) is 1.75. The summed E-state index contributed by atoms with van der Waals surface area (Å²) >= 11 is 0. The Balaban J connectivity index is 0. The SMILES string of the molecule is O=S(=O)([O-])CC1(CS(=O)(=O)[O-])COC1.[Na+].[Na+]. The molecule has 1 aliphatic heterocycles. The molecule has 0 saturated carbocycles. The fourth-order valence-electron chi connectivity index (χ4n) is 1.35. The molecule has 0 spiro atoms. The fourth-order valence-corrected chi connectivity index (χ4v) is 3.52. The minimum absolute atomic E-state index is 0. The maximum absolute atomic E-state index is 10.4. The van der Waals surface area contributed by atoms with E-state index < -0.39 is 37.2 Å². The molecule has 0 unspecified atom stereocenters. The smallest absolute Gasteiger partial charge is 0.748 e. The Morgan fingerprint density at radius 3 is 1.38 bits per heavy atom. The van der Waals surface area contributed by atoms with Crippen LogP contribution < -0.4 is 59.1 Å². The van der Waals surface area contributed by atoms with Crippen molar-refractivity contribution in [3.8, 4) is 0 Å². The molecule has 1 heterocycles. The van der Waals surface area contributed by atoms with Gasteiger partial charge in [-0.3, -0.25) is 0 Å². The van der Waals surface area contributed by atoms with Crippen molar-refractivity contribution >= 4 is 20.2 Å². The Morgan fingerprint density at radius 2 is 1.25 bits per heavy atom. The van der Waals surface area contributed by atoms with Gasteiger partial charge in [-0.1, -0.05) is 0 Å². The van der Waals surface area contributed by atoms with Gasteiger partial charge in [-0.2, -0.15) is 0 Å². The van der Waals surface area contributed by atoms with Crippen LogP contribution in [0.5, 0.6) is 0 Å². The van der Waals surface area contributed by atoms with Crippen LogP contribution in [0.2, 0.25) is 0 Å². The predicted octanol–water partition coefficient (Wildman–Crippen LogP) is -7.90. The summed E-state index contributed by atoms with van der Waals surface area (Å²) in [6, 6.07) is 0. The predicted molar refractivity (Wildman–Crippen MR) is 42.4 cm³/mol. The summed E-state index contributed by atoms with van der Waals surface area (Å²) in [4.78, 5) is 0. The van der Waals surface area contributed by atoms with Crippen molar-refractivity contribution in [2.75, 3.05) is 24.7 Å². The quantitative estimate of drug-likeness (QED) is 0.372. The number of hydrogen-bond acceptors (Lipinski definition) is 7. The maximum atomic E-state index is 10.4.